The lowest BCUT2D eigenvalue weighted by atomic mass is 9.71. The summed E-state index contributed by atoms with van der Waals surface area (Å²) in [6.07, 6.45) is 7.24. The second kappa shape index (κ2) is 16.5. The summed E-state index contributed by atoms with van der Waals surface area (Å²) >= 11 is 0. The molecule has 0 atom stereocenters. The second-order valence-electron chi connectivity index (χ2n) is 16.3. The molecule has 57 heavy (non-hydrogen) atoms. The number of carbonyl (C=O) groups excluding carboxylic acids is 4. The summed E-state index contributed by atoms with van der Waals surface area (Å²) in [4.78, 5) is 69.7. The standard InChI is InChI=1S/C43H50N6O8/c50-37(25-28-7-15-33(16-8-28)47-21-23-56-41(47)54)49(38(51)26-29-9-17-34(18-10-29)48-22-24-57-42(48)55)36-27-35(30-5-2-1-3-6-30)39(46-45-36)31-11-13-32(14-12-31)43(19-4-20-43)44-40(52)53/h1-3,5-6,11-14,27-29,33-34,44H,4,7-10,15-26H2,(H,52,53). The Kier molecular flexibility index (Phi) is 11.1. The second-order valence-corrected chi connectivity index (χ2v) is 16.3. The Bertz CT molecular complexity index is 1910. The van der Waals surface area contributed by atoms with E-state index in [0.29, 0.717) is 37.6 Å². The number of imide groups is 1. The van der Waals surface area contributed by atoms with Gasteiger partial charge in [0, 0.05) is 36.1 Å². The smallest absolute Gasteiger partial charge is 0.410 e. The summed E-state index contributed by atoms with van der Waals surface area (Å²) in [5.41, 5.74) is 3.16. The number of rotatable bonds is 11. The van der Waals surface area contributed by atoms with Crippen molar-refractivity contribution in [2.24, 2.45) is 11.8 Å². The van der Waals surface area contributed by atoms with E-state index in [1.165, 1.54) is 4.90 Å². The number of cyclic esters (lactones) is 2. The van der Waals surface area contributed by atoms with Gasteiger partial charge in [-0.05, 0) is 99.7 Å². The van der Waals surface area contributed by atoms with E-state index in [1.54, 1.807) is 15.9 Å². The molecule has 0 bridgehead atoms. The van der Waals surface area contributed by atoms with Crippen molar-refractivity contribution in [1.29, 1.82) is 0 Å². The van der Waals surface area contributed by atoms with Crippen LogP contribution in [0.4, 0.5) is 20.2 Å². The number of carbonyl (C=O) groups is 5. The van der Waals surface area contributed by atoms with E-state index < -0.39 is 11.6 Å². The number of carboxylic acid groups (broad SMARTS) is 1. The molecule has 2 N–H and O–H groups in total. The van der Waals surface area contributed by atoms with Crippen molar-refractivity contribution in [3.05, 3.63) is 66.2 Å². The van der Waals surface area contributed by atoms with Crippen LogP contribution in [0.25, 0.3) is 22.4 Å². The van der Waals surface area contributed by atoms with E-state index in [2.05, 4.69) is 10.4 Å². The van der Waals surface area contributed by atoms with Crippen LogP contribution in [0.1, 0.15) is 89.0 Å². The van der Waals surface area contributed by atoms with Gasteiger partial charge < -0.3 is 29.7 Å². The molecular weight excluding hydrogens is 729 g/mol. The third-order valence-corrected chi connectivity index (χ3v) is 12.9. The highest BCUT2D eigenvalue weighted by atomic mass is 16.6. The molecule has 3 aromatic rings. The fraction of sp³-hybridized carbons (Fsp3) is 0.512. The fourth-order valence-electron chi connectivity index (χ4n) is 9.58. The zero-order valence-electron chi connectivity index (χ0n) is 32.1. The molecule has 14 nitrogen and oxygen atoms in total. The lowest BCUT2D eigenvalue weighted by Gasteiger charge is -2.42. The lowest BCUT2D eigenvalue weighted by molar-refractivity contribution is -0.128. The van der Waals surface area contributed by atoms with E-state index in [0.717, 1.165) is 87.3 Å². The number of aromatic nitrogens is 2. The molecule has 5 fully saturated rings. The molecule has 0 unspecified atom stereocenters. The first-order valence-electron chi connectivity index (χ1n) is 20.5. The number of anilines is 1. The summed E-state index contributed by atoms with van der Waals surface area (Å²) < 4.78 is 10.3. The Morgan fingerprint density at radius 3 is 1.74 bits per heavy atom. The average molecular weight is 779 g/mol. The summed E-state index contributed by atoms with van der Waals surface area (Å²) in [5.74, 6) is -0.371. The minimum Gasteiger partial charge on any atom is -0.465 e. The molecular formula is C43H50N6O8. The maximum Gasteiger partial charge on any atom is 0.410 e. The number of nitrogens with zero attached hydrogens (tertiary/aromatic N) is 5. The van der Waals surface area contributed by atoms with Crippen molar-refractivity contribution in [3.63, 3.8) is 0 Å². The van der Waals surface area contributed by atoms with Crippen LogP contribution < -0.4 is 10.2 Å². The Morgan fingerprint density at radius 2 is 1.28 bits per heavy atom. The molecule has 0 radical (unpaired) electrons. The summed E-state index contributed by atoms with van der Waals surface area (Å²) in [6.45, 7) is 1.99. The van der Waals surface area contributed by atoms with Crippen molar-refractivity contribution in [2.45, 2.75) is 101 Å². The molecule has 2 aromatic carbocycles. The Morgan fingerprint density at radius 1 is 0.737 bits per heavy atom. The molecule has 5 aliphatic rings. The summed E-state index contributed by atoms with van der Waals surface area (Å²) in [5, 5.41) is 21.5. The maximum atomic E-state index is 14.4. The highest BCUT2D eigenvalue weighted by Crippen LogP contribution is 2.43. The molecule has 1 aromatic heterocycles. The van der Waals surface area contributed by atoms with Gasteiger partial charge in [-0.15, -0.1) is 10.2 Å². The van der Waals surface area contributed by atoms with Crippen LogP contribution in [-0.2, 0) is 24.6 Å². The van der Waals surface area contributed by atoms with Gasteiger partial charge >= 0.3 is 18.3 Å². The van der Waals surface area contributed by atoms with Gasteiger partial charge in [0.05, 0.1) is 18.6 Å². The predicted octanol–water partition coefficient (Wildman–Crippen LogP) is 7.12. The average Bonchev–Trinajstić information content (AvgIpc) is 3.84. The van der Waals surface area contributed by atoms with E-state index in [4.69, 9.17) is 14.6 Å². The van der Waals surface area contributed by atoms with Crippen LogP contribution in [0.15, 0.2) is 60.7 Å². The van der Waals surface area contributed by atoms with E-state index in [1.807, 2.05) is 54.6 Å². The van der Waals surface area contributed by atoms with Gasteiger partial charge in [-0.2, -0.15) is 0 Å². The van der Waals surface area contributed by atoms with Crippen LogP contribution >= 0.6 is 0 Å². The van der Waals surface area contributed by atoms with Gasteiger partial charge in [0.15, 0.2) is 5.82 Å². The molecule has 2 aliphatic heterocycles. The maximum absolute atomic E-state index is 14.4. The van der Waals surface area contributed by atoms with Gasteiger partial charge in [0.2, 0.25) is 11.8 Å². The first-order valence-corrected chi connectivity index (χ1v) is 20.5. The zero-order valence-corrected chi connectivity index (χ0v) is 32.1. The predicted molar refractivity (Wildman–Crippen MR) is 209 cm³/mol. The normalized spacial score (nSPS) is 24.3. The SMILES string of the molecule is O=C(O)NC1(c2ccc(-c3nnc(N(C(=O)CC4CCC(N5CCOC5=O)CC4)C(=O)CC4CCC(N5CCOC5=O)CC4)cc3-c3ccccc3)cc2)CCC1. The van der Waals surface area contributed by atoms with E-state index >= 15 is 0 Å². The van der Waals surface area contributed by atoms with Crippen molar-refractivity contribution in [3.8, 4) is 22.4 Å². The highest BCUT2D eigenvalue weighted by Gasteiger charge is 2.41. The summed E-state index contributed by atoms with van der Waals surface area (Å²) in [7, 11) is 0. The Labute approximate surface area is 331 Å². The third-order valence-electron chi connectivity index (χ3n) is 12.9. The van der Waals surface area contributed by atoms with Gasteiger partial charge in [0.25, 0.3) is 0 Å². The van der Waals surface area contributed by atoms with Crippen molar-refractivity contribution in [1.82, 2.24) is 25.3 Å². The minimum absolute atomic E-state index is 0.0484. The largest absolute Gasteiger partial charge is 0.465 e. The molecule has 3 aliphatic carbocycles. The molecule has 5 amide bonds. The van der Waals surface area contributed by atoms with Crippen molar-refractivity contribution < 1.29 is 38.6 Å². The summed E-state index contributed by atoms with van der Waals surface area (Å²) in [6, 6.07) is 19.3. The van der Waals surface area contributed by atoms with Gasteiger partial charge in [0.1, 0.15) is 18.9 Å². The topological polar surface area (TPSA) is 172 Å². The Hall–Kier alpha value is -5.53. The number of hydrogen-bond donors (Lipinski definition) is 2. The van der Waals surface area contributed by atoms with Gasteiger partial charge in [-0.1, -0.05) is 54.6 Å². The molecule has 8 rings (SSSR count). The van der Waals surface area contributed by atoms with Crippen LogP contribution in [0.3, 0.4) is 0 Å². The van der Waals surface area contributed by atoms with E-state index in [-0.39, 0.29) is 66.6 Å². The number of nitrogens with one attached hydrogen (secondary N) is 1. The molecule has 300 valence electrons. The monoisotopic (exact) mass is 778 g/mol. The zero-order chi connectivity index (χ0) is 39.5. The minimum atomic E-state index is -1.05. The van der Waals surface area contributed by atoms with Crippen LogP contribution in [-0.4, -0.2) is 93.6 Å². The molecule has 3 heterocycles. The number of ether oxygens (including phenoxy) is 2. The van der Waals surface area contributed by atoms with Crippen molar-refractivity contribution >= 4 is 35.9 Å². The number of amides is 5. The van der Waals surface area contributed by atoms with Gasteiger partial charge in [-0.3, -0.25) is 9.59 Å². The fourth-order valence-corrected chi connectivity index (χ4v) is 9.58. The van der Waals surface area contributed by atoms with E-state index in [9.17, 15) is 29.1 Å². The first kappa shape index (κ1) is 38.3. The van der Waals surface area contributed by atoms with Crippen LogP contribution in [0.2, 0.25) is 0 Å². The lowest BCUT2D eigenvalue weighted by Crippen LogP contribution is -2.50. The molecule has 3 saturated carbocycles. The quantitative estimate of drug-likeness (QED) is 0.204. The third kappa shape index (κ3) is 8.17. The van der Waals surface area contributed by atoms with Gasteiger partial charge in [-0.25, -0.2) is 19.3 Å². The number of hydrogen-bond acceptors (Lipinski definition) is 9. The van der Waals surface area contributed by atoms with Crippen LogP contribution in [0, 0.1) is 11.8 Å². The molecule has 14 heteroatoms. The Balaban J connectivity index is 1.06. The highest BCUT2D eigenvalue weighted by molar-refractivity contribution is 6.14. The van der Waals surface area contributed by atoms with Crippen LogP contribution in [0.5, 0.6) is 0 Å². The molecule has 0 spiro atoms. The first-order chi connectivity index (χ1) is 27.7. The number of benzene rings is 2. The van der Waals surface area contributed by atoms with Crippen molar-refractivity contribution in [2.75, 3.05) is 31.2 Å². The molecule has 2 saturated heterocycles.